The van der Waals surface area contributed by atoms with E-state index in [0.29, 0.717) is 31.0 Å². The van der Waals surface area contributed by atoms with E-state index >= 15 is 0 Å². The second-order valence-corrected chi connectivity index (χ2v) is 4.82. The van der Waals surface area contributed by atoms with Gasteiger partial charge in [-0.25, -0.2) is 0 Å². The summed E-state index contributed by atoms with van der Waals surface area (Å²) in [7, 11) is 0. The monoisotopic (exact) mass is 272 g/mol. The van der Waals surface area contributed by atoms with Crippen LogP contribution in [0.5, 0.6) is 0 Å². The van der Waals surface area contributed by atoms with E-state index in [1.54, 1.807) is 11.8 Å². The van der Waals surface area contributed by atoms with Gasteiger partial charge >= 0.3 is 0 Å². The molecule has 0 aliphatic carbocycles. The lowest BCUT2D eigenvalue weighted by atomic mass is 10.1. The van der Waals surface area contributed by atoms with Gasteiger partial charge in [0.05, 0.1) is 19.3 Å². The smallest absolute Gasteiger partial charge is 0.259 e. The molecule has 20 heavy (non-hydrogen) atoms. The Labute approximate surface area is 117 Å². The molecule has 0 saturated carbocycles. The summed E-state index contributed by atoms with van der Waals surface area (Å²) in [6.07, 6.45) is 1.40. The highest BCUT2D eigenvalue weighted by molar-refractivity contribution is 5.94. The normalized spacial score (nSPS) is 19.1. The standard InChI is InChI=1S/C15H16N2O3/c1-11-13(9-16-20-11)15(18)17-7-8-19-14(10-17)12-5-3-2-4-6-12/h2-6,9,14H,7-8,10H2,1H3. The van der Waals surface area contributed by atoms with Crippen molar-refractivity contribution in [3.8, 4) is 0 Å². The van der Waals surface area contributed by atoms with Crippen LogP contribution in [0.4, 0.5) is 0 Å². The summed E-state index contributed by atoms with van der Waals surface area (Å²) in [5, 5.41) is 3.66. The quantitative estimate of drug-likeness (QED) is 0.841. The van der Waals surface area contributed by atoms with Crippen LogP contribution < -0.4 is 0 Å². The number of carbonyl (C=O) groups excluding carboxylic acids is 1. The van der Waals surface area contributed by atoms with Crippen molar-refractivity contribution < 1.29 is 14.1 Å². The molecule has 5 heteroatoms. The molecule has 1 atom stereocenters. The van der Waals surface area contributed by atoms with Crippen molar-refractivity contribution in [2.75, 3.05) is 19.7 Å². The highest BCUT2D eigenvalue weighted by atomic mass is 16.5. The van der Waals surface area contributed by atoms with Gasteiger partial charge in [-0.15, -0.1) is 0 Å². The number of benzene rings is 1. The molecule has 1 aliphatic rings. The Kier molecular flexibility index (Phi) is 3.52. The maximum absolute atomic E-state index is 12.4. The third kappa shape index (κ3) is 2.44. The minimum Gasteiger partial charge on any atom is -0.370 e. The van der Waals surface area contributed by atoms with Crippen LogP contribution in [0.2, 0.25) is 0 Å². The Balaban J connectivity index is 1.76. The summed E-state index contributed by atoms with van der Waals surface area (Å²) in [5.74, 6) is 0.505. The maximum atomic E-state index is 12.4. The van der Waals surface area contributed by atoms with Gasteiger partial charge in [-0.3, -0.25) is 4.79 Å². The number of hydrogen-bond acceptors (Lipinski definition) is 4. The number of carbonyl (C=O) groups is 1. The molecule has 1 fully saturated rings. The van der Waals surface area contributed by atoms with Gasteiger partial charge in [0, 0.05) is 6.54 Å². The molecule has 5 nitrogen and oxygen atoms in total. The summed E-state index contributed by atoms with van der Waals surface area (Å²) in [6.45, 7) is 3.42. The molecular formula is C15H16N2O3. The number of rotatable bonds is 2. The molecule has 0 radical (unpaired) electrons. The van der Waals surface area contributed by atoms with Crippen LogP contribution in [0.15, 0.2) is 41.1 Å². The number of morpholine rings is 1. The van der Waals surface area contributed by atoms with E-state index in [9.17, 15) is 4.79 Å². The van der Waals surface area contributed by atoms with E-state index in [4.69, 9.17) is 9.26 Å². The first-order valence-corrected chi connectivity index (χ1v) is 6.63. The Bertz CT molecular complexity index is 594. The SMILES string of the molecule is Cc1oncc1C(=O)N1CCOC(c2ccccc2)C1. The molecule has 1 saturated heterocycles. The zero-order chi connectivity index (χ0) is 13.9. The minimum atomic E-state index is -0.0749. The lowest BCUT2D eigenvalue weighted by Crippen LogP contribution is -2.42. The highest BCUT2D eigenvalue weighted by Crippen LogP contribution is 2.23. The first kappa shape index (κ1) is 12.9. The van der Waals surface area contributed by atoms with E-state index < -0.39 is 0 Å². The molecule has 1 unspecified atom stereocenters. The predicted octanol–water partition coefficient (Wildman–Crippen LogP) is 2.20. The van der Waals surface area contributed by atoms with Crippen LogP contribution in [-0.2, 0) is 4.74 Å². The average Bonchev–Trinajstić information content (AvgIpc) is 2.94. The summed E-state index contributed by atoms with van der Waals surface area (Å²) in [6, 6.07) is 9.95. The molecule has 3 rings (SSSR count). The zero-order valence-electron chi connectivity index (χ0n) is 11.3. The van der Waals surface area contributed by atoms with Crippen LogP contribution in [0.25, 0.3) is 0 Å². The summed E-state index contributed by atoms with van der Waals surface area (Å²) >= 11 is 0. The van der Waals surface area contributed by atoms with Gasteiger partial charge in [0.1, 0.15) is 17.4 Å². The van der Waals surface area contributed by atoms with Gasteiger partial charge < -0.3 is 14.2 Å². The van der Waals surface area contributed by atoms with Gasteiger partial charge in [0.25, 0.3) is 5.91 Å². The number of amides is 1. The van der Waals surface area contributed by atoms with Gasteiger partial charge in [-0.2, -0.15) is 0 Å². The lowest BCUT2D eigenvalue weighted by molar-refractivity contribution is -0.0228. The predicted molar refractivity (Wildman–Crippen MR) is 72.3 cm³/mol. The Morgan fingerprint density at radius 3 is 2.85 bits per heavy atom. The fourth-order valence-electron chi connectivity index (χ4n) is 2.38. The number of aromatic nitrogens is 1. The first-order valence-electron chi connectivity index (χ1n) is 6.63. The number of ether oxygens (including phenoxy) is 1. The number of aryl methyl sites for hydroxylation is 1. The fourth-order valence-corrected chi connectivity index (χ4v) is 2.38. The molecule has 2 heterocycles. The van der Waals surface area contributed by atoms with Crippen molar-refractivity contribution in [1.29, 1.82) is 0 Å². The summed E-state index contributed by atoms with van der Waals surface area (Å²) in [5.41, 5.74) is 1.62. The molecule has 1 aromatic carbocycles. The molecule has 104 valence electrons. The molecule has 0 spiro atoms. The van der Waals surface area contributed by atoms with E-state index in [1.165, 1.54) is 6.20 Å². The highest BCUT2D eigenvalue weighted by Gasteiger charge is 2.27. The molecule has 2 aromatic rings. The molecule has 0 bridgehead atoms. The topological polar surface area (TPSA) is 55.6 Å². The summed E-state index contributed by atoms with van der Waals surface area (Å²) in [4.78, 5) is 14.2. The zero-order valence-corrected chi connectivity index (χ0v) is 11.3. The third-order valence-electron chi connectivity index (χ3n) is 3.51. The molecule has 1 aliphatic heterocycles. The minimum absolute atomic E-state index is 0.0482. The van der Waals surface area contributed by atoms with Crippen LogP contribution in [-0.4, -0.2) is 35.7 Å². The third-order valence-corrected chi connectivity index (χ3v) is 3.51. The second-order valence-electron chi connectivity index (χ2n) is 4.82. The molecule has 1 aromatic heterocycles. The van der Waals surface area contributed by atoms with Crippen molar-refractivity contribution >= 4 is 5.91 Å². The molecular weight excluding hydrogens is 256 g/mol. The number of hydrogen-bond donors (Lipinski definition) is 0. The van der Waals surface area contributed by atoms with Crippen LogP contribution in [0.1, 0.15) is 27.8 Å². The molecule has 1 amide bonds. The largest absolute Gasteiger partial charge is 0.370 e. The fraction of sp³-hybridized carbons (Fsp3) is 0.333. The van der Waals surface area contributed by atoms with E-state index in [0.717, 1.165) is 5.56 Å². The van der Waals surface area contributed by atoms with Crippen molar-refractivity contribution in [2.24, 2.45) is 0 Å². The summed E-state index contributed by atoms with van der Waals surface area (Å²) < 4.78 is 10.7. The van der Waals surface area contributed by atoms with E-state index in [1.807, 2.05) is 30.3 Å². The van der Waals surface area contributed by atoms with Crippen LogP contribution in [0, 0.1) is 6.92 Å². The van der Waals surface area contributed by atoms with Gasteiger partial charge in [-0.05, 0) is 12.5 Å². The second kappa shape index (κ2) is 5.46. The molecule has 0 N–H and O–H groups in total. The van der Waals surface area contributed by atoms with Crippen LogP contribution in [0.3, 0.4) is 0 Å². The van der Waals surface area contributed by atoms with Gasteiger partial charge in [-0.1, -0.05) is 35.5 Å². The first-order chi connectivity index (χ1) is 9.75. The Hall–Kier alpha value is -2.14. The number of nitrogens with zero attached hydrogens (tertiary/aromatic N) is 2. The van der Waals surface area contributed by atoms with Crippen molar-refractivity contribution in [3.05, 3.63) is 53.4 Å². The van der Waals surface area contributed by atoms with Crippen molar-refractivity contribution in [2.45, 2.75) is 13.0 Å². The Morgan fingerprint density at radius 2 is 2.15 bits per heavy atom. The van der Waals surface area contributed by atoms with E-state index in [-0.39, 0.29) is 12.0 Å². The Morgan fingerprint density at radius 1 is 1.35 bits per heavy atom. The maximum Gasteiger partial charge on any atom is 0.259 e. The van der Waals surface area contributed by atoms with Crippen LogP contribution >= 0.6 is 0 Å². The van der Waals surface area contributed by atoms with E-state index in [2.05, 4.69) is 5.16 Å². The lowest BCUT2D eigenvalue weighted by Gasteiger charge is -2.33. The average molecular weight is 272 g/mol. The van der Waals surface area contributed by atoms with Crippen molar-refractivity contribution in [1.82, 2.24) is 10.1 Å². The van der Waals surface area contributed by atoms with Gasteiger partial charge in [0.2, 0.25) is 0 Å². The van der Waals surface area contributed by atoms with Crippen molar-refractivity contribution in [3.63, 3.8) is 0 Å². The van der Waals surface area contributed by atoms with Gasteiger partial charge in [0.15, 0.2) is 0 Å².